The first-order chi connectivity index (χ1) is 10.5. The van der Waals surface area contributed by atoms with E-state index in [4.69, 9.17) is 4.74 Å². The number of carbonyl (C=O) groups is 2. The van der Waals surface area contributed by atoms with Crippen molar-refractivity contribution in [3.8, 4) is 0 Å². The molecule has 2 N–H and O–H groups in total. The summed E-state index contributed by atoms with van der Waals surface area (Å²) in [6.07, 6.45) is -0.834. The third kappa shape index (κ3) is 3.43. The summed E-state index contributed by atoms with van der Waals surface area (Å²) in [5, 5.41) is 4.53. The topological polar surface area (TPSA) is 105 Å². The first-order valence-electron chi connectivity index (χ1n) is 6.65. The lowest BCUT2D eigenvalue weighted by molar-refractivity contribution is -0.139. The lowest BCUT2D eigenvalue weighted by Crippen LogP contribution is -2.46. The van der Waals surface area contributed by atoms with Crippen molar-refractivity contribution < 1.29 is 22.7 Å². The predicted octanol–water partition coefficient (Wildman–Crippen LogP) is -1.10. The van der Waals surface area contributed by atoms with Crippen LogP contribution in [-0.2, 0) is 24.3 Å². The molecule has 0 spiro atoms. The van der Waals surface area contributed by atoms with Crippen LogP contribution in [0, 0.1) is 0 Å². The molecular weight excluding hydrogens is 310 g/mol. The van der Waals surface area contributed by atoms with Crippen molar-refractivity contribution in [1.82, 2.24) is 14.9 Å². The SMILES string of the molecule is CNC(=O)C(=O)NC[C@H]1OCCN1S(=O)(=O)c1ccccc1. The van der Waals surface area contributed by atoms with Crippen LogP contribution in [-0.4, -0.2) is 57.5 Å². The second-order valence-corrected chi connectivity index (χ2v) is 6.43. The van der Waals surface area contributed by atoms with Gasteiger partial charge in [-0.1, -0.05) is 18.2 Å². The zero-order valence-electron chi connectivity index (χ0n) is 12.0. The number of amides is 2. The summed E-state index contributed by atoms with van der Waals surface area (Å²) in [5.74, 6) is -1.63. The molecule has 1 heterocycles. The van der Waals surface area contributed by atoms with Gasteiger partial charge in [0.05, 0.1) is 18.0 Å². The summed E-state index contributed by atoms with van der Waals surface area (Å²) in [7, 11) is -2.37. The number of sulfonamides is 1. The number of benzene rings is 1. The van der Waals surface area contributed by atoms with Gasteiger partial charge in [-0.05, 0) is 12.1 Å². The molecule has 22 heavy (non-hydrogen) atoms. The Bertz CT molecular complexity index is 647. The Morgan fingerprint density at radius 3 is 2.59 bits per heavy atom. The second kappa shape index (κ2) is 6.86. The minimum atomic E-state index is -3.71. The standard InChI is InChI=1S/C13H17N3O5S/c1-14-12(17)13(18)15-9-11-16(7-8-21-11)22(19,20)10-5-3-2-4-6-10/h2-6,11H,7-9H2,1H3,(H,14,17)(H,15,18)/t11-/m1/s1. The van der Waals surface area contributed by atoms with E-state index in [1.807, 2.05) is 0 Å². The Morgan fingerprint density at radius 2 is 1.95 bits per heavy atom. The Labute approximate surface area is 128 Å². The van der Waals surface area contributed by atoms with Gasteiger partial charge in [-0.2, -0.15) is 4.31 Å². The molecule has 1 fully saturated rings. The Hall–Kier alpha value is -1.97. The molecule has 0 radical (unpaired) electrons. The molecule has 9 heteroatoms. The minimum absolute atomic E-state index is 0.0989. The molecule has 0 aromatic heterocycles. The van der Waals surface area contributed by atoms with E-state index >= 15 is 0 Å². The molecule has 1 aliphatic heterocycles. The van der Waals surface area contributed by atoms with Gasteiger partial charge < -0.3 is 15.4 Å². The van der Waals surface area contributed by atoms with E-state index in [-0.39, 0.29) is 24.6 Å². The van der Waals surface area contributed by atoms with Crippen molar-refractivity contribution in [1.29, 1.82) is 0 Å². The lowest BCUT2D eigenvalue weighted by Gasteiger charge is -2.22. The van der Waals surface area contributed by atoms with Crippen LogP contribution in [0.2, 0.25) is 0 Å². The number of carbonyl (C=O) groups excluding carboxylic acids is 2. The molecule has 1 atom stereocenters. The van der Waals surface area contributed by atoms with Crippen LogP contribution in [0.5, 0.6) is 0 Å². The number of ether oxygens (including phenoxy) is 1. The Kier molecular flexibility index (Phi) is 5.11. The van der Waals surface area contributed by atoms with E-state index in [0.717, 1.165) is 0 Å². The van der Waals surface area contributed by atoms with Gasteiger partial charge in [0.15, 0.2) is 0 Å². The highest BCUT2D eigenvalue weighted by Gasteiger charge is 2.36. The minimum Gasteiger partial charge on any atom is -0.359 e. The summed E-state index contributed by atoms with van der Waals surface area (Å²) in [5.41, 5.74) is 0. The average molecular weight is 327 g/mol. The molecule has 8 nitrogen and oxygen atoms in total. The third-order valence-corrected chi connectivity index (χ3v) is 5.07. The van der Waals surface area contributed by atoms with Gasteiger partial charge in [0.2, 0.25) is 10.0 Å². The molecule has 0 bridgehead atoms. The molecule has 2 amide bonds. The van der Waals surface area contributed by atoms with Crippen LogP contribution in [0.25, 0.3) is 0 Å². The Balaban J connectivity index is 2.08. The van der Waals surface area contributed by atoms with Crippen molar-refractivity contribution in [2.24, 2.45) is 0 Å². The van der Waals surface area contributed by atoms with Crippen LogP contribution in [0.15, 0.2) is 35.2 Å². The first kappa shape index (κ1) is 16.4. The fourth-order valence-corrected chi connectivity index (χ4v) is 3.57. The van der Waals surface area contributed by atoms with Gasteiger partial charge in [0.25, 0.3) is 0 Å². The Morgan fingerprint density at radius 1 is 1.27 bits per heavy atom. The largest absolute Gasteiger partial charge is 0.359 e. The zero-order valence-corrected chi connectivity index (χ0v) is 12.8. The van der Waals surface area contributed by atoms with Gasteiger partial charge in [-0.15, -0.1) is 0 Å². The van der Waals surface area contributed by atoms with Crippen LogP contribution in [0.3, 0.4) is 0 Å². The van der Waals surface area contributed by atoms with E-state index in [1.165, 1.54) is 23.5 Å². The van der Waals surface area contributed by atoms with Crippen molar-refractivity contribution in [2.75, 3.05) is 26.7 Å². The highest BCUT2D eigenvalue weighted by atomic mass is 32.2. The molecule has 1 aromatic carbocycles. The maximum Gasteiger partial charge on any atom is 0.309 e. The molecule has 1 aliphatic rings. The number of likely N-dealkylation sites (N-methyl/N-ethyl adjacent to an activating group) is 1. The predicted molar refractivity (Wildman–Crippen MR) is 77.2 cm³/mol. The van der Waals surface area contributed by atoms with E-state index in [0.29, 0.717) is 0 Å². The highest BCUT2D eigenvalue weighted by molar-refractivity contribution is 7.89. The normalized spacial score (nSPS) is 18.9. The quantitative estimate of drug-likeness (QED) is 0.683. The highest BCUT2D eigenvalue weighted by Crippen LogP contribution is 2.21. The second-order valence-electron chi connectivity index (χ2n) is 4.54. The summed E-state index contributed by atoms with van der Waals surface area (Å²) >= 11 is 0. The van der Waals surface area contributed by atoms with Crippen molar-refractivity contribution in [2.45, 2.75) is 11.1 Å². The van der Waals surface area contributed by atoms with Crippen LogP contribution in [0.1, 0.15) is 0 Å². The molecule has 120 valence electrons. The molecule has 1 aromatic rings. The zero-order chi connectivity index (χ0) is 16.2. The van der Waals surface area contributed by atoms with Crippen molar-refractivity contribution >= 4 is 21.8 Å². The van der Waals surface area contributed by atoms with E-state index < -0.39 is 28.1 Å². The van der Waals surface area contributed by atoms with Gasteiger partial charge in [0, 0.05) is 13.6 Å². The smallest absolute Gasteiger partial charge is 0.309 e. The molecule has 0 aliphatic carbocycles. The van der Waals surface area contributed by atoms with Gasteiger partial charge in [0.1, 0.15) is 6.23 Å². The average Bonchev–Trinajstić information content (AvgIpc) is 3.02. The van der Waals surface area contributed by atoms with Crippen LogP contribution in [0.4, 0.5) is 0 Å². The maximum absolute atomic E-state index is 12.5. The number of rotatable bonds is 4. The number of hydrogen-bond donors (Lipinski definition) is 2. The number of nitrogens with zero attached hydrogens (tertiary/aromatic N) is 1. The fraction of sp³-hybridized carbons (Fsp3) is 0.385. The monoisotopic (exact) mass is 327 g/mol. The third-order valence-electron chi connectivity index (χ3n) is 3.16. The first-order valence-corrected chi connectivity index (χ1v) is 8.09. The van der Waals surface area contributed by atoms with E-state index in [9.17, 15) is 18.0 Å². The van der Waals surface area contributed by atoms with Gasteiger partial charge >= 0.3 is 11.8 Å². The van der Waals surface area contributed by atoms with Crippen molar-refractivity contribution in [3.05, 3.63) is 30.3 Å². The fourth-order valence-electron chi connectivity index (χ4n) is 2.04. The summed E-state index contributed by atoms with van der Waals surface area (Å²) in [6.45, 7) is 0.322. The van der Waals surface area contributed by atoms with E-state index in [1.54, 1.807) is 18.2 Å². The van der Waals surface area contributed by atoms with Gasteiger partial charge in [-0.25, -0.2) is 8.42 Å². The number of hydrogen-bond acceptors (Lipinski definition) is 5. The number of nitrogens with one attached hydrogen (secondary N) is 2. The maximum atomic E-state index is 12.5. The molecule has 0 unspecified atom stereocenters. The summed E-state index contributed by atoms with van der Waals surface area (Å²) < 4.78 is 31.6. The molecule has 0 saturated carbocycles. The summed E-state index contributed by atoms with van der Waals surface area (Å²) in [6, 6.07) is 7.97. The van der Waals surface area contributed by atoms with Crippen LogP contribution >= 0.6 is 0 Å². The lowest BCUT2D eigenvalue weighted by atomic mass is 10.4. The van der Waals surface area contributed by atoms with Crippen molar-refractivity contribution in [3.63, 3.8) is 0 Å². The summed E-state index contributed by atoms with van der Waals surface area (Å²) in [4.78, 5) is 22.7. The molecular formula is C13H17N3O5S. The van der Waals surface area contributed by atoms with E-state index in [2.05, 4.69) is 10.6 Å². The van der Waals surface area contributed by atoms with Gasteiger partial charge in [-0.3, -0.25) is 9.59 Å². The molecule has 1 saturated heterocycles. The van der Waals surface area contributed by atoms with Crippen LogP contribution < -0.4 is 10.6 Å². The molecule has 2 rings (SSSR count).